The predicted octanol–water partition coefficient (Wildman–Crippen LogP) is 5.67. The Kier molecular flexibility index (Phi) is 5.66. The van der Waals surface area contributed by atoms with Crippen LogP contribution >= 0.6 is 0 Å². The molecule has 9 nitrogen and oxygen atoms in total. The number of nitro benzene ring substituents is 2. The number of aliphatic hydroxyl groups excluding tert-OH is 1. The van der Waals surface area contributed by atoms with Crippen LogP contribution in [0.25, 0.3) is 0 Å². The minimum atomic E-state index is -0.638. The lowest BCUT2D eigenvalue weighted by atomic mass is 9.45. The van der Waals surface area contributed by atoms with Crippen molar-refractivity contribution in [1.82, 2.24) is 0 Å². The van der Waals surface area contributed by atoms with Gasteiger partial charge in [-0.15, -0.1) is 0 Å². The normalized spacial score (nSPS) is 40.2. The van der Waals surface area contributed by atoms with E-state index in [0.29, 0.717) is 23.7 Å². The Morgan fingerprint density at radius 3 is 2.50 bits per heavy atom. The molecule has 4 saturated carbocycles. The van der Waals surface area contributed by atoms with Crippen molar-refractivity contribution in [3.8, 4) is 0 Å². The lowest BCUT2D eigenvalue weighted by molar-refractivity contribution is -0.393. The first-order valence-corrected chi connectivity index (χ1v) is 12.6. The van der Waals surface area contributed by atoms with Crippen LogP contribution in [0.15, 0.2) is 23.3 Å². The van der Waals surface area contributed by atoms with Crippen molar-refractivity contribution in [1.29, 1.82) is 0 Å². The molecule has 0 unspecified atom stereocenters. The SMILES string of the molecule is C[C@]12CC/C(=N/Nc3ccc([N+](=O)[O-])cc3[N+](=O)[O-])C[C@H]1CC[C@@H]1[C@@H]2CC[C@]2(C)[C@@H](O)CC[C@@H]12. The molecule has 184 valence electrons. The van der Waals surface area contributed by atoms with Crippen LogP contribution in [0.1, 0.15) is 71.6 Å². The van der Waals surface area contributed by atoms with Gasteiger partial charge in [-0.05, 0) is 98.4 Å². The fourth-order valence-electron chi connectivity index (χ4n) is 8.15. The lowest BCUT2D eigenvalue weighted by Gasteiger charge is -2.60. The van der Waals surface area contributed by atoms with Gasteiger partial charge in [0, 0.05) is 11.8 Å². The summed E-state index contributed by atoms with van der Waals surface area (Å²) in [5.74, 6) is 2.58. The maximum atomic E-state index is 11.4. The minimum absolute atomic E-state index is 0.0923. The van der Waals surface area contributed by atoms with Crippen LogP contribution in [0.3, 0.4) is 0 Å². The molecule has 34 heavy (non-hydrogen) atoms. The highest BCUT2D eigenvalue weighted by atomic mass is 16.6. The summed E-state index contributed by atoms with van der Waals surface area (Å²) in [6, 6.07) is 3.58. The van der Waals surface area contributed by atoms with Gasteiger partial charge in [0.05, 0.1) is 22.0 Å². The van der Waals surface area contributed by atoms with Gasteiger partial charge in [-0.3, -0.25) is 25.7 Å². The topological polar surface area (TPSA) is 131 Å². The van der Waals surface area contributed by atoms with E-state index in [0.717, 1.165) is 56.7 Å². The molecular formula is C25H34N4O5. The largest absolute Gasteiger partial charge is 0.393 e. The molecule has 1 aromatic carbocycles. The minimum Gasteiger partial charge on any atom is -0.393 e. The zero-order chi connectivity index (χ0) is 24.3. The van der Waals surface area contributed by atoms with Gasteiger partial charge in [-0.1, -0.05) is 13.8 Å². The van der Waals surface area contributed by atoms with E-state index in [1.807, 2.05) is 0 Å². The number of nitro groups is 2. The predicted molar refractivity (Wildman–Crippen MR) is 129 cm³/mol. The van der Waals surface area contributed by atoms with Crippen molar-refractivity contribution in [2.75, 3.05) is 5.43 Å². The average molecular weight is 471 g/mol. The second-order valence-electron chi connectivity index (χ2n) is 11.5. The maximum absolute atomic E-state index is 11.4. The number of hydrogen-bond donors (Lipinski definition) is 2. The number of fused-ring (bicyclic) bond motifs is 5. The molecule has 4 fully saturated rings. The van der Waals surface area contributed by atoms with Gasteiger partial charge in [0.2, 0.25) is 0 Å². The van der Waals surface area contributed by atoms with Gasteiger partial charge >= 0.3 is 5.69 Å². The van der Waals surface area contributed by atoms with Crippen LogP contribution in [0, 0.1) is 54.7 Å². The van der Waals surface area contributed by atoms with Crippen molar-refractivity contribution in [2.24, 2.45) is 39.6 Å². The summed E-state index contributed by atoms with van der Waals surface area (Å²) < 4.78 is 0. The summed E-state index contributed by atoms with van der Waals surface area (Å²) in [7, 11) is 0. The molecule has 5 rings (SSSR count). The summed E-state index contributed by atoms with van der Waals surface area (Å²) in [6.45, 7) is 4.78. The average Bonchev–Trinajstić information content (AvgIpc) is 3.11. The Labute approximate surface area is 199 Å². The van der Waals surface area contributed by atoms with Crippen molar-refractivity contribution < 1.29 is 15.0 Å². The van der Waals surface area contributed by atoms with Crippen LogP contribution < -0.4 is 5.43 Å². The van der Waals surface area contributed by atoms with Crippen LogP contribution in [-0.4, -0.2) is 26.8 Å². The Morgan fingerprint density at radius 1 is 1.00 bits per heavy atom. The number of benzene rings is 1. The monoisotopic (exact) mass is 470 g/mol. The maximum Gasteiger partial charge on any atom is 0.301 e. The Morgan fingerprint density at radius 2 is 1.76 bits per heavy atom. The summed E-state index contributed by atoms with van der Waals surface area (Å²) in [5, 5.41) is 37.6. The molecule has 0 radical (unpaired) electrons. The third kappa shape index (κ3) is 3.59. The van der Waals surface area contributed by atoms with E-state index < -0.39 is 9.85 Å². The molecule has 0 amide bonds. The van der Waals surface area contributed by atoms with E-state index in [2.05, 4.69) is 24.4 Å². The number of non-ortho nitro benzene ring substituents is 1. The number of aliphatic hydroxyl groups is 1. The summed E-state index contributed by atoms with van der Waals surface area (Å²) in [4.78, 5) is 21.1. The second-order valence-corrected chi connectivity index (χ2v) is 11.5. The van der Waals surface area contributed by atoms with E-state index in [1.54, 1.807) is 0 Å². The third-order valence-corrected chi connectivity index (χ3v) is 10.2. The number of hydrogen-bond acceptors (Lipinski definition) is 7. The van der Waals surface area contributed by atoms with E-state index in [9.17, 15) is 25.3 Å². The first kappa shape index (κ1) is 23.2. The fourth-order valence-corrected chi connectivity index (χ4v) is 8.15. The number of nitrogens with one attached hydrogen (secondary N) is 1. The third-order valence-electron chi connectivity index (χ3n) is 10.2. The smallest absolute Gasteiger partial charge is 0.301 e. The molecule has 0 saturated heterocycles. The second kappa shape index (κ2) is 8.29. The molecule has 0 aromatic heterocycles. The molecule has 0 spiro atoms. The molecule has 2 N–H and O–H groups in total. The highest BCUT2D eigenvalue weighted by Crippen LogP contribution is 2.66. The van der Waals surface area contributed by atoms with Gasteiger partial charge < -0.3 is 5.11 Å². The van der Waals surface area contributed by atoms with Gasteiger partial charge in [-0.25, -0.2) is 0 Å². The molecule has 0 bridgehead atoms. The highest BCUT2D eigenvalue weighted by molar-refractivity contribution is 5.86. The van der Waals surface area contributed by atoms with Gasteiger partial charge in [0.1, 0.15) is 5.69 Å². The van der Waals surface area contributed by atoms with Gasteiger partial charge in [-0.2, -0.15) is 5.10 Å². The van der Waals surface area contributed by atoms with Crippen LogP contribution in [0.4, 0.5) is 17.1 Å². The molecular weight excluding hydrogens is 436 g/mol. The number of nitrogens with zero attached hydrogens (tertiary/aromatic N) is 3. The van der Waals surface area contributed by atoms with E-state index in [4.69, 9.17) is 0 Å². The number of anilines is 1. The number of rotatable bonds is 4. The molecule has 9 heteroatoms. The molecule has 1 aromatic rings. The molecule has 4 aliphatic rings. The summed E-state index contributed by atoms with van der Waals surface area (Å²) in [5.41, 5.74) is 3.73. The Bertz CT molecular complexity index is 1040. The van der Waals surface area contributed by atoms with Crippen molar-refractivity contribution in [3.63, 3.8) is 0 Å². The highest BCUT2D eigenvalue weighted by Gasteiger charge is 2.59. The van der Waals surface area contributed by atoms with Crippen LogP contribution in [0.2, 0.25) is 0 Å². The van der Waals surface area contributed by atoms with Crippen molar-refractivity contribution in [3.05, 3.63) is 38.4 Å². The zero-order valence-electron chi connectivity index (χ0n) is 19.9. The van der Waals surface area contributed by atoms with E-state index in [-0.39, 0.29) is 34.0 Å². The number of hydrazone groups is 1. The van der Waals surface area contributed by atoms with Crippen LogP contribution in [0.5, 0.6) is 0 Å². The standard InChI is InChI=1S/C25H34N4O5/c1-24-11-9-16(26-27-21-7-4-17(28(31)32)14-22(21)29(33)34)13-15(24)3-5-18-19-6-8-23(30)25(19,2)12-10-20(18)24/h4,7,14-15,18-20,23,27,30H,3,5-6,8-13H2,1-2H3/b26-16-/t15-,18+,19+,20+,23+,24+,25+/m1/s1. The van der Waals surface area contributed by atoms with E-state index in [1.165, 1.54) is 25.0 Å². The quantitative estimate of drug-likeness (QED) is 0.430. The van der Waals surface area contributed by atoms with Gasteiger partial charge in [0.15, 0.2) is 0 Å². The molecule has 4 aliphatic carbocycles. The van der Waals surface area contributed by atoms with Gasteiger partial charge in [0.25, 0.3) is 5.69 Å². The summed E-state index contributed by atoms with van der Waals surface area (Å²) >= 11 is 0. The summed E-state index contributed by atoms with van der Waals surface area (Å²) in [6.07, 6.45) is 9.45. The van der Waals surface area contributed by atoms with Crippen molar-refractivity contribution in [2.45, 2.75) is 77.7 Å². The fraction of sp³-hybridized carbons (Fsp3) is 0.720. The molecule has 7 atom stereocenters. The lowest BCUT2D eigenvalue weighted by Crippen LogP contribution is -2.54. The van der Waals surface area contributed by atoms with E-state index >= 15 is 0 Å². The first-order chi connectivity index (χ1) is 16.1. The molecule has 0 aliphatic heterocycles. The Hall–Kier alpha value is -2.55. The molecule has 0 heterocycles. The first-order valence-electron chi connectivity index (χ1n) is 12.6. The Balaban J connectivity index is 1.31. The zero-order valence-corrected chi connectivity index (χ0v) is 19.9. The van der Waals surface area contributed by atoms with Crippen LogP contribution in [-0.2, 0) is 0 Å². The van der Waals surface area contributed by atoms with Crippen molar-refractivity contribution >= 4 is 22.8 Å².